The summed E-state index contributed by atoms with van der Waals surface area (Å²) in [6.45, 7) is 3.54. The average Bonchev–Trinajstić information content (AvgIpc) is 2.95. The maximum atomic E-state index is 5.64. The molecule has 2 N–H and O–H groups in total. The standard InChI is InChI=1S/C11H16N4O3S/c1-7-9(19-11(12)13-7)10-14-8(15-18-10)3-4-17-6-5-16-2/h3-6H2,1-2H3,(H2,12,13). The zero-order valence-corrected chi connectivity index (χ0v) is 11.7. The van der Waals surface area contributed by atoms with Crippen LogP contribution in [0.15, 0.2) is 4.52 Å². The molecule has 0 aliphatic rings. The first kappa shape index (κ1) is 13.9. The van der Waals surface area contributed by atoms with Gasteiger partial charge in [-0.25, -0.2) is 4.98 Å². The van der Waals surface area contributed by atoms with Gasteiger partial charge in [0.05, 0.1) is 25.5 Å². The van der Waals surface area contributed by atoms with Crippen LogP contribution in [0.1, 0.15) is 11.5 Å². The van der Waals surface area contributed by atoms with E-state index in [4.69, 9.17) is 19.7 Å². The highest BCUT2D eigenvalue weighted by atomic mass is 32.1. The van der Waals surface area contributed by atoms with Gasteiger partial charge in [0.2, 0.25) is 0 Å². The molecule has 0 radical (unpaired) electrons. The minimum Gasteiger partial charge on any atom is -0.382 e. The molecule has 0 amide bonds. The van der Waals surface area contributed by atoms with Gasteiger partial charge in [0.25, 0.3) is 5.89 Å². The number of ether oxygens (including phenoxy) is 2. The normalized spacial score (nSPS) is 11.1. The quantitative estimate of drug-likeness (QED) is 0.765. The second-order valence-corrected chi connectivity index (χ2v) is 4.87. The number of nitrogen functional groups attached to an aromatic ring is 1. The molecule has 2 aromatic rings. The molecule has 8 heteroatoms. The van der Waals surface area contributed by atoms with Gasteiger partial charge in [0.15, 0.2) is 11.0 Å². The molecule has 0 bridgehead atoms. The van der Waals surface area contributed by atoms with Crippen molar-refractivity contribution in [1.29, 1.82) is 0 Å². The highest BCUT2D eigenvalue weighted by molar-refractivity contribution is 7.18. The van der Waals surface area contributed by atoms with Crippen LogP contribution in [0.2, 0.25) is 0 Å². The first-order chi connectivity index (χ1) is 9.20. The molecule has 0 unspecified atom stereocenters. The first-order valence-electron chi connectivity index (χ1n) is 5.83. The number of rotatable bonds is 7. The number of aryl methyl sites for hydroxylation is 1. The van der Waals surface area contributed by atoms with E-state index in [1.807, 2.05) is 6.92 Å². The van der Waals surface area contributed by atoms with Crippen molar-refractivity contribution in [2.24, 2.45) is 0 Å². The molecule has 0 aliphatic heterocycles. The van der Waals surface area contributed by atoms with E-state index in [2.05, 4.69) is 15.1 Å². The lowest BCUT2D eigenvalue weighted by atomic mass is 10.4. The van der Waals surface area contributed by atoms with Crippen LogP contribution < -0.4 is 5.73 Å². The third kappa shape index (κ3) is 3.72. The van der Waals surface area contributed by atoms with Crippen LogP contribution in [-0.2, 0) is 15.9 Å². The number of methoxy groups -OCH3 is 1. The van der Waals surface area contributed by atoms with E-state index >= 15 is 0 Å². The van der Waals surface area contributed by atoms with Gasteiger partial charge in [-0.1, -0.05) is 16.5 Å². The largest absolute Gasteiger partial charge is 0.382 e. The number of nitrogens with two attached hydrogens (primary N) is 1. The number of anilines is 1. The fourth-order valence-electron chi connectivity index (χ4n) is 1.47. The van der Waals surface area contributed by atoms with Gasteiger partial charge in [0, 0.05) is 13.5 Å². The van der Waals surface area contributed by atoms with Crippen molar-refractivity contribution in [3.8, 4) is 10.8 Å². The van der Waals surface area contributed by atoms with E-state index in [9.17, 15) is 0 Å². The van der Waals surface area contributed by atoms with Crippen LogP contribution in [0.3, 0.4) is 0 Å². The van der Waals surface area contributed by atoms with Crippen molar-refractivity contribution in [3.63, 3.8) is 0 Å². The minimum absolute atomic E-state index is 0.457. The van der Waals surface area contributed by atoms with Crippen LogP contribution in [0.4, 0.5) is 5.13 Å². The summed E-state index contributed by atoms with van der Waals surface area (Å²) < 4.78 is 15.4. The van der Waals surface area contributed by atoms with Crippen molar-refractivity contribution < 1.29 is 14.0 Å². The molecule has 0 saturated carbocycles. The van der Waals surface area contributed by atoms with Gasteiger partial charge in [-0.3, -0.25) is 0 Å². The molecule has 0 spiro atoms. The zero-order valence-electron chi connectivity index (χ0n) is 10.9. The number of nitrogens with zero attached hydrogens (tertiary/aromatic N) is 3. The van der Waals surface area contributed by atoms with Gasteiger partial charge in [-0.15, -0.1) is 0 Å². The Morgan fingerprint density at radius 1 is 1.26 bits per heavy atom. The van der Waals surface area contributed by atoms with E-state index in [0.717, 1.165) is 10.6 Å². The molecule has 7 nitrogen and oxygen atoms in total. The molecule has 104 valence electrons. The van der Waals surface area contributed by atoms with Crippen LogP contribution in [-0.4, -0.2) is 42.1 Å². The Morgan fingerprint density at radius 3 is 2.79 bits per heavy atom. The second kappa shape index (κ2) is 6.60. The molecule has 2 aromatic heterocycles. The molecule has 0 aliphatic carbocycles. The second-order valence-electron chi connectivity index (χ2n) is 3.84. The Labute approximate surface area is 114 Å². The van der Waals surface area contributed by atoms with Crippen molar-refractivity contribution in [3.05, 3.63) is 11.5 Å². The van der Waals surface area contributed by atoms with Gasteiger partial charge in [-0.05, 0) is 6.92 Å². The summed E-state index contributed by atoms with van der Waals surface area (Å²) in [7, 11) is 1.64. The summed E-state index contributed by atoms with van der Waals surface area (Å²) in [5, 5.41) is 4.40. The molecule has 2 heterocycles. The predicted molar refractivity (Wildman–Crippen MR) is 71.0 cm³/mol. The predicted octanol–water partition coefficient (Wildman–Crippen LogP) is 1.29. The van der Waals surface area contributed by atoms with E-state index in [1.165, 1.54) is 11.3 Å². The highest BCUT2D eigenvalue weighted by Gasteiger charge is 2.15. The maximum Gasteiger partial charge on any atom is 0.269 e. The Balaban J connectivity index is 1.90. The topological polar surface area (TPSA) is 96.3 Å². The number of hydrogen-bond acceptors (Lipinski definition) is 8. The molecular formula is C11H16N4O3S. The smallest absolute Gasteiger partial charge is 0.269 e. The number of thiazole rings is 1. The van der Waals surface area contributed by atoms with Gasteiger partial charge in [0.1, 0.15) is 4.88 Å². The van der Waals surface area contributed by atoms with Gasteiger partial charge < -0.3 is 19.7 Å². The number of hydrogen-bond donors (Lipinski definition) is 1. The van der Waals surface area contributed by atoms with Gasteiger partial charge in [-0.2, -0.15) is 4.98 Å². The van der Waals surface area contributed by atoms with E-state index in [1.54, 1.807) is 7.11 Å². The van der Waals surface area contributed by atoms with Crippen LogP contribution in [0, 0.1) is 6.92 Å². The van der Waals surface area contributed by atoms with Crippen LogP contribution in [0.25, 0.3) is 10.8 Å². The lowest BCUT2D eigenvalue weighted by molar-refractivity contribution is 0.0714. The molecule has 0 aromatic carbocycles. The summed E-state index contributed by atoms with van der Waals surface area (Å²) in [6.07, 6.45) is 0.598. The molecule has 19 heavy (non-hydrogen) atoms. The molecular weight excluding hydrogens is 268 g/mol. The fourth-order valence-corrected chi connectivity index (χ4v) is 2.23. The third-order valence-corrected chi connectivity index (χ3v) is 3.35. The maximum absolute atomic E-state index is 5.64. The molecule has 0 saturated heterocycles. The summed E-state index contributed by atoms with van der Waals surface area (Å²) >= 11 is 1.34. The highest BCUT2D eigenvalue weighted by Crippen LogP contribution is 2.29. The van der Waals surface area contributed by atoms with Crippen molar-refractivity contribution >= 4 is 16.5 Å². The third-order valence-electron chi connectivity index (χ3n) is 2.38. The van der Waals surface area contributed by atoms with Crippen molar-refractivity contribution in [1.82, 2.24) is 15.1 Å². The summed E-state index contributed by atoms with van der Waals surface area (Å²) in [5.41, 5.74) is 6.44. The van der Waals surface area contributed by atoms with E-state index < -0.39 is 0 Å². The van der Waals surface area contributed by atoms with Crippen LogP contribution >= 0.6 is 11.3 Å². The Kier molecular flexibility index (Phi) is 4.83. The molecule has 0 atom stereocenters. The van der Waals surface area contributed by atoms with E-state index in [0.29, 0.717) is 43.1 Å². The fraction of sp³-hybridized carbons (Fsp3) is 0.545. The SMILES string of the molecule is COCCOCCc1noc(-c2sc(N)nc2C)n1. The Bertz CT molecular complexity index is 526. The first-order valence-corrected chi connectivity index (χ1v) is 6.65. The zero-order chi connectivity index (χ0) is 13.7. The lowest BCUT2D eigenvalue weighted by Gasteiger charge is -1.99. The Hall–Kier alpha value is -1.51. The monoisotopic (exact) mass is 284 g/mol. The molecule has 0 fully saturated rings. The minimum atomic E-state index is 0.457. The average molecular weight is 284 g/mol. The summed E-state index contributed by atoms with van der Waals surface area (Å²) in [5.74, 6) is 1.07. The summed E-state index contributed by atoms with van der Waals surface area (Å²) in [4.78, 5) is 9.24. The number of aromatic nitrogens is 3. The Morgan fingerprint density at radius 2 is 2.11 bits per heavy atom. The lowest BCUT2D eigenvalue weighted by Crippen LogP contribution is -2.05. The van der Waals surface area contributed by atoms with E-state index in [-0.39, 0.29) is 0 Å². The van der Waals surface area contributed by atoms with Crippen molar-refractivity contribution in [2.75, 3.05) is 32.7 Å². The summed E-state index contributed by atoms with van der Waals surface area (Å²) in [6, 6.07) is 0. The van der Waals surface area contributed by atoms with Crippen LogP contribution in [0.5, 0.6) is 0 Å². The van der Waals surface area contributed by atoms with Crippen molar-refractivity contribution in [2.45, 2.75) is 13.3 Å². The molecule has 2 rings (SSSR count). The van der Waals surface area contributed by atoms with Gasteiger partial charge >= 0.3 is 0 Å².